The Bertz CT molecular complexity index is 1800. The molecule has 0 amide bonds. The van der Waals surface area contributed by atoms with Gasteiger partial charge >= 0.3 is 5.69 Å². The van der Waals surface area contributed by atoms with E-state index in [2.05, 4.69) is 15.1 Å². The van der Waals surface area contributed by atoms with Crippen molar-refractivity contribution in [1.82, 2.24) is 33.2 Å². The van der Waals surface area contributed by atoms with E-state index in [1.54, 1.807) is 27.1 Å². The van der Waals surface area contributed by atoms with Crippen LogP contribution in [0.15, 0.2) is 59.8 Å². The molecular formula is C25H25N7O3S. The average Bonchev–Trinajstić information content (AvgIpc) is 3.58. The number of fused-ring (bicyclic) bond motifs is 3. The van der Waals surface area contributed by atoms with Crippen molar-refractivity contribution in [3.8, 4) is 22.5 Å². The van der Waals surface area contributed by atoms with E-state index in [1.807, 2.05) is 55.8 Å². The summed E-state index contributed by atoms with van der Waals surface area (Å²) in [6.07, 6.45) is 7.19. The summed E-state index contributed by atoms with van der Waals surface area (Å²) in [5.74, 6) is 0. The highest BCUT2D eigenvalue weighted by Gasteiger charge is 2.32. The number of imidazole rings is 1. The van der Waals surface area contributed by atoms with Crippen LogP contribution in [-0.4, -0.2) is 61.0 Å². The van der Waals surface area contributed by atoms with E-state index >= 15 is 0 Å². The zero-order valence-corrected chi connectivity index (χ0v) is 21.0. The number of rotatable bonds is 4. The smallest absolute Gasteiger partial charge is 0.293 e. The van der Waals surface area contributed by atoms with Crippen LogP contribution >= 0.6 is 0 Å². The third kappa shape index (κ3) is 3.62. The minimum absolute atomic E-state index is 0.175. The van der Waals surface area contributed by atoms with Gasteiger partial charge in [0.05, 0.1) is 40.7 Å². The van der Waals surface area contributed by atoms with E-state index in [1.165, 1.54) is 10.6 Å². The first-order chi connectivity index (χ1) is 17.2. The van der Waals surface area contributed by atoms with Gasteiger partial charge in [-0.05, 0) is 36.2 Å². The average molecular weight is 504 g/mol. The minimum Gasteiger partial charge on any atom is -0.293 e. The van der Waals surface area contributed by atoms with Gasteiger partial charge in [0, 0.05) is 50.5 Å². The number of pyridine rings is 2. The van der Waals surface area contributed by atoms with E-state index in [0.29, 0.717) is 18.5 Å². The summed E-state index contributed by atoms with van der Waals surface area (Å²) in [5.41, 5.74) is 5.55. The van der Waals surface area contributed by atoms with Crippen LogP contribution in [0.2, 0.25) is 0 Å². The van der Waals surface area contributed by atoms with Crippen LogP contribution in [0.5, 0.6) is 0 Å². The second-order valence-electron chi connectivity index (χ2n) is 9.31. The van der Waals surface area contributed by atoms with Crippen molar-refractivity contribution < 1.29 is 8.42 Å². The number of hydrogen-bond acceptors (Lipinski definition) is 6. The largest absolute Gasteiger partial charge is 0.329 e. The van der Waals surface area contributed by atoms with Crippen LogP contribution in [0, 0.1) is 0 Å². The van der Waals surface area contributed by atoms with Crippen LogP contribution in [0.4, 0.5) is 0 Å². The molecule has 1 aliphatic heterocycles. The second kappa shape index (κ2) is 8.10. The van der Waals surface area contributed by atoms with E-state index in [9.17, 15) is 13.2 Å². The van der Waals surface area contributed by atoms with Crippen LogP contribution in [-0.2, 0) is 24.1 Å². The van der Waals surface area contributed by atoms with Gasteiger partial charge in [-0.2, -0.15) is 5.10 Å². The Balaban J connectivity index is 1.48. The highest BCUT2D eigenvalue weighted by molar-refractivity contribution is 7.88. The molecule has 0 aliphatic carbocycles. The van der Waals surface area contributed by atoms with Crippen molar-refractivity contribution in [1.29, 1.82) is 0 Å². The van der Waals surface area contributed by atoms with E-state index in [4.69, 9.17) is 0 Å². The summed E-state index contributed by atoms with van der Waals surface area (Å²) in [4.78, 5) is 22.5. The Labute approximate surface area is 207 Å². The first-order valence-electron chi connectivity index (χ1n) is 11.6. The summed E-state index contributed by atoms with van der Waals surface area (Å²) >= 11 is 0. The van der Waals surface area contributed by atoms with E-state index in [0.717, 1.165) is 38.9 Å². The monoisotopic (exact) mass is 503 g/mol. The normalized spacial score (nSPS) is 16.9. The van der Waals surface area contributed by atoms with Crippen molar-refractivity contribution in [3.63, 3.8) is 0 Å². The topological polar surface area (TPSA) is 108 Å². The quantitative estimate of drug-likeness (QED) is 0.373. The van der Waals surface area contributed by atoms with Crippen molar-refractivity contribution in [2.24, 2.45) is 14.1 Å². The highest BCUT2D eigenvalue weighted by atomic mass is 32.2. The molecule has 1 aliphatic rings. The van der Waals surface area contributed by atoms with Crippen LogP contribution in [0.25, 0.3) is 44.5 Å². The fraction of sp³-hybridized carbons (Fsp3) is 0.280. The van der Waals surface area contributed by atoms with Crippen LogP contribution in [0.3, 0.4) is 0 Å². The molecule has 1 unspecified atom stereocenters. The standard InChI is InChI=1S/C25H25N7O3S/c1-29-10-9-22(28-29)21-7-5-17(13-26-21)16-4-6-20-19(12-16)24-23(14-27-20)30(2)25(33)32(24)18-8-11-31(15-18)36(3,34)35/h4-7,9-10,12-14,18H,8,11,15H2,1-3H3. The third-order valence-corrected chi connectivity index (χ3v) is 8.22. The molecule has 5 aromatic rings. The van der Waals surface area contributed by atoms with E-state index in [-0.39, 0.29) is 18.3 Å². The predicted molar refractivity (Wildman–Crippen MR) is 138 cm³/mol. The third-order valence-electron chi connectivity index (χ3n) is 6.95. The van der Waals surface area contributed by atoms with Crippen molar-refractivity contribution >= 4 is 32.0 Å². The van der Waals surface area contributed by atoms with Gasteiger partial charge in [-0.1, -0.05) is 12.1 Å². The van der Waals surface area contributed by atoms with Crippen LogP contribution < -0.4 is 5.69 Å². The van der Waals surface area contributed by atoms with Gasteiger partial charge in [0.1, 0.15) is 5.69 Å². The number of benzene rings is 1. The maximum Gasteiger partial charge on any atom is 0.329 e. The molecule has 0 spiro atoms. The lowest BCUT2D eigenvalue weighted by Crippen LogP contribution is -2.31. The predicted octanol–water partition coefficient (Wildman–Crippen LogP) is 2.56. The van der Waals surface area contributed by atoms with Gasteiger partial charge in [0.25, 0.3) is 0 Å². The molecule has 0 N–H and O–H groups in total. The molecule has 0 saturated carbocycles. The zero-order chi connectivity index (χ0) is 25.2. The van der Waals surface area contributed by atoms with Crippen molar-refractivity contribution in [3.05, 3.63) is 65.5 Å². The molecule has 1 fully saturated rings. The molecule has 1 aromatic carbocycles. The van der Waals surface area contributed by atoms with E-state index < -0.39 is 10.0 Å². The lowest BCUT2D eigenvalue weighted by Gasteiger charge is -2.15. The van der Waals surface area contributed by atoms with Crippen molar-refractivity contribution in [2.75, 3.05) is 19.3 Å². The fourth-order valence-electron chi connectivity index (χ4n) is 5.04. The Morgan fingerprint density at radius 2 is 1.78 bits per heavy atom. The van der Waals surface area contributed by atoms with Gasteiger partial charge in [-0.25, -0.2) is 17.5 Å². The molecule has 1 saturated heterocycles. The molecule has 6 rings (SSSR count). The minimum atomic E-state index is -3.32. The van der Waals surface area contributed by atoms with Gasteiger partial charge in [-0.3, -0.25) is 23.8 Å². The Hall–Kier alpha value is -3.83. The van der Waals surface area contributed by atoms with Gasteiger partial charge in [0.15, 0.2) is 0 Å². The number of aryl methyl sites for hydroxylation is 2. The summed E-state index contributed by atoms with van der Waals surface area (Å²) in [5, 5.41) is 5.25. The maximum atomic E-state index is 13.3. The number of aromatic nitrogens is 6. The first-order valence-corrected chi connectivity index (χ1v) is 13.5. The first kappa shape index (κ1) is 22.6. The molecule has 5 heterocycles. The van der Waals surface area contributed by atoms with Crippen molar-refractivity contribution in [2.45, 2.75) is 12.5 Å². The molecule has 11 heteroatoms. The number of nitrogens with zero attached hydrogens (tertiary/aromatic N) is 7. The van der Waals surface area contributed by atoms with Crippen LogP contribution in [0.1, 0.15) is 12.5 Å². The SMILES string of the molecule is Cn1ccc(-c2ccc(-c3ccc4ncc5c(c4c3)n(C3CCN(S(C)(=O)=O)C3)c(=O)n5C)cn2)n1. The molecule has 0 radical (unpaired) electrons. The summed E-state index contributed by atoms with van der Waals surface area (Å²) in [6, 6.07) is 11.6. The summed E-state index contributed by atoms with van der Waals surface area (Å²) in [6.45, 7) is 0.676. The molecule has 36 heavy (non-hydrogen) atoms. The summed E-state index contributed by atoms with van der Waals surface area (Å²) in [7, 11) is 0.270. The molecule has 10 nitrogen and oxygen atoms in total. The fourth-order valence-corrected chi connectivity index (χ4v) is 5.92. The second-order valence-corrected chi connectivity index (χ2v) is 11.3. The molecule has 4 aromatic heterocycles. The number of sulfonamides is 1. The molecule has 0 bridgehead atoms. The Morgan fingerprint density at radius 1 is 0.972 bits per heavy atom. The Kier molecular flexibility index (Phi) is 5.09. The van der Waals surface area contributed by atoms with Gasteiger partial charge in [0.2, 0.25) is 10.0 Å². The lowest BCUT2D eigenvalue weighted by molar-refractivity contribution is 0.454. The maximum absolute atomic E-state index is 13.3. The Morgan fingerprint density at radius 3 is 2.44 bits per heavy atom. The molecule has 184 valence electrons. The van der Waals surface area contributed by atoms with Gasteiger partial charge in [-0.15, -0.1) is 0 Å². The molecular weight excluding hydrogens is 478 g/mol. The lowest BCUT2D eigenvalue weighted by atomic mass is 10.0. The molecule has 1 atom stereocenters. The summed E-state index contributed by atoms with van der Waals surface area (Å²) < 4.78 is 30.7. The number of hydrogen-bond donors (Lipinski definition) is 0. The van der Waals surface area contributed by atoms with Gasteiger partial charge < -0.3 is 0 Å². The highest BCUT2D eigenvalue weighted by Crippen LogP contribution is 2.32. The zero-order valence-electron chi connectivity index (χ0n) is 20.2.